The van der Waals surface area contributed by atoms with Crippen LogP contribution in [-0.4, -0.2) is 31.1 Å². The molecule has 0 aromatic heterocycles. The van der Waals surface area contributed by atoms with Gasteiger partial charge in [0.15, 0.2) is 11.6 Å². The van der Waals surface area contributed by atoms with Crippen LogP contribution in [0.2, 0.25) is 0 Å². The molecule has 1 N–H and O–H groups in total. The molecule has 96 valence electrons. The van der Waals surface area contributed by atoms with Crippen LogP contribution in [0.1, 0.15) is 18.0 Å². The van der Waals surface area contributed by atoms with Crippen molar-refractivity contribution in [3.05, 3.63) is 35.4 Å². The Hall–Kier alpha value is -1.51. The average Bonchev–Trinajstić information content (AvgIpc) is 2.64. The smallest absolute Gasteiger partial charge is 0.164 e. The van der Waals surface area contributed by atoms with Gasteiger partial charge in [-0.2, -0.15) is 5.26 Å². The summed E-state index contributed by atoms with van der Waals surface area (Å²) in [4.78, 5) is 1.89. The molecule has 5 heteroatoms. The van der Waals surface area contributed by atoms with Gasteiger partial charge >= 0.3 is 0 Å². The van der Waals surface area contributed by atoms with Gasteiger partial charge in [-0.15, -0.1) is 0 Å². The third-order valence-corrected chi connectivity index (χ3v) is 3.14. The van der Waals surface area contributed by atoms with Crippen molar-refractivity contribution in [2.24, 2.45) is 0 Å². The fourth-order valence-electron chi connectivity index (χ4n) is 2.20. The predicted molar refractivity (Wildman–Crippen MR) is 63.8 cm³/mol. The van der Waals surface area contributed by atoms with Crippen LogP contribution in [-0.2, 0) is 0 Å². The van der Waals surface area contributed by atoms with Crippen molar-refractivity contribution < 1.29 is 8.78 Å². The lowest BCUT2D eigenvalue weighted by Gasteiger charge is -2.25. The second kappa shape index (κ2) is 5.89. The van der Waals surface area contributed by atoms with E-state index in [1.807, 2.05) is 4.90 Å². The molecule has 0 saturated carbocycles. The second-order valence-corrected chi connectivity index (χ2v) is 4.31. The Labute approximate surface area is 105 Å². The second-order valence-electron chi connectivity index (χ2n) is 4.31. The molecule has 1 aromatic carbocycles. The molecule has 18 heavy (non-hydrogen) atoms. The van der Waals surface area contributed by atoms with E-state index in [1.54, 1.807) is 0 Å². The van der Waals surface area contributed by atoms with Gasteiger partial charge in [0.2, 0.25) is 0 Å². The summed E-state index contributed by atoms with van der Waals surface area (Å²) in [5.41, 5.74) is 0.124. The zero-order chi connectivity index (χ0) is 13.0. The van der Waals surface area contributed by atoms with E-state index >= 15 is 0 Å². The van der Waals surface area contributed by atoms with Crippen LogP contribution < -0.4 is 5.32 Å². The summed E-state index contributed by atoms with van der Waals surface area (Å²) >= 11 is 0. The molecule has 1 saturated heterocycles. The number of nitrogens with one attached hydrogen (secondary N) is 1. The van der Waals surface area contributed by atoms with Gasteiger partial charge in [0, 0.05) is 25.2 Å². The Morgan fingerprint density at radius 1 is 1.28 bits per heavy atom. The Balaban J connectivity index is 2.27. The Morgan fingerprint density at radius 3 is 2.89 bits per heavy atom. The maximum atomic E-state index is 13.7. The van der Waals surface area contributed by atoms with E-state index in [2.05, 4.69) is 11.4 Å². The van der Waals surface area contributed by atoms with Crippen LogP contribution in [0.5, 0.6) is 0 Å². The van der Waals surface area contributed by atoms with Crippen LogP contribution in [0.4, 0.5) is 8.78 Å². The number of nitriles is 1. The Bertz CT molecular complexity index is 448. The summed E-state index contributed by atoms with van der Waals surface area (Å²) in [5, 5.41) is 12.5. The van der Waals surface area contributed by atoms with Gasteiger partial charge in [-0.1, -0.05) is 12.1 Å². The average molecular weight is 251 g/mol. The number of hydrogen-bond acceptors (Lipinski definition) is 3. The molecule has 0 radical (unpaired) electrons. The lowest BCUT2D eigenvalue weighted by molar-refractivity contribution is 0.246. The molecular weight excluding hydrogens is 236 g/mol. The maximum Gasteiger partial charge on any atom is 0.164 e. The van der Waals surface area contributed by atoms with Crippen LogP contribution in [0.3, 0.4) is 0 Å². The minimum atomic E-state index is -0.916. The molecule has 0 amide bonds. The molecule has 1 aliphatic heterocycles. The highest BCUT2D eigenvalue weighted by Gasteiger charge is 2.24. The third-order valence-electron chi connectivity index (χ3n) is 3.14. The lowest BCUT2D eigenvalue weighted by Crippen LogP contribution is -2.32. The van der Waals surface area contributed by atoms with Gasteiger partial charge in [0.05, 0.1) is 6.07 Å². The van der Waals surface area contributed by atoms with E-state index in [-0.39, 0.29) is 5.56 Å². The van der Waals surface area contributed by atoms with Crippen molar-refractivity contribution in [3.63, 3.8) is 0 Å². The highest BCUT2D eigenvalue weighted by molar-refractivity contribution is 5.27. The normalized spacial score (nSPS) is 18.9. The molecule has 1 aromatic rings. The topological polar surface area (TPSA) is 39.1 Å². The van der Waals surface area contributed by atoms with Gasteiger partial charge in [0.25, 0.3) is 0 Å². The van der Waals surface area contributed by atoms with Crippen molar-refractivity contribution in [2.45, 2.75) is 12.5 Å². The van der Waals surface area contributed by atoms with Gasteiger partial charge < -0.3 is 5.32 Å². The molecule has 1 aliphatic rings. The van der Waals surface area contributed by atoms with E-state index in [1.165, 1.54) is 12.1 Å². The first-order valence-electron chi connectivity index (χ1n) is 6.02. The van der Waals surface area contributed by atoms with E-state index in [0.29, 0.717) is 13.1 Å². The third kappa shape index (κ3) is 2.66. The molecule has 0 spiro atoms. The number of benzene rings is 1. The fraction of sp³-hybridized carbons (Fsp3) is 0.462. The number of rotatable bonds is 2. The van der Waals surface area contributed by atoms with Crippen molar-refractivity contribution in [1.29, 1.82) is 5.26 Å². The molecule has 0 aliphatic carbocycles. The summed E-state index contributed by atoms with van der Waals surface area (Å²) in [7, 11) is 0. The summed E-state index contributed by atoms with van der Waals surface area (Å²) < 4.78 is 26.9. The summed E-state index contributed by atoms with van der Waals surface area (Å²) in [6.07, 6.45) is 0.898. The van der Waals surface area contributed by atoms with Gasteiger partial charge in [-0.05, 0) is 19.0 Å². The number of halogens is 2. The first-order valence-corrected chi connectivity index (χ1v) is 6.02. The van der Waals surface area contributed by atoms with Crippen molar-refractivity contribution >= 4 is 0 Å². The van der Waals surface area contributed by atoms with Crippen LogP contribution in [0.25, 0.3) is 0 Å². The van der Waals surface area contributed by atoms with E-state index in [4.69, 9.17) is 0 Å². The van der Waals surface area contributed by atoms with Gasteiger partial charge in [-0.3, -0.25) is 4.90 Å². The highest BCUT2D eigenvalue weighted by Crippen LogP contribution is 2.24. The van der Waals surface area contributed by atoms with Crippen LogP contribution in [0, 0.1) is 23.0 Å². The summed E-state index contributed by atoms with van der Waals surface area (Å²) in [5.74, 6) is -1.82. The standard InChI is InChI=1S/C13H15F2N3/c14-11-4-1-3-10(13(11)15)12(9-16)18-7-2-5-17-6-8-18/h1,3-4,12,17H,2,5-8H2. The zero-order valence-electron chi connectivity index (χ0n) is 10.00. The molecule has 3 nitrogen and oxygen atoms in total. The lowest BCUT2D eigenvalue weighted by atomic mass is 10.1. The summed E-state index contributed by atoms with van der Waals surface area (Å²) in [6.45, 7) is 3.02. The SMILES string of the molecule is N#CC(c1cccc(F)c1F)N1CCCNCC1. The first kappa shape index (κ1) is 12.9. The van der Waals surface area contributed by atoms with E-state index in [9.17, 15) is 14.0 Å². The molecule has 2 rings (SSSR count). The van der Waals surface area contributed by atoms with Gasteiger partial charge in [0.1, 0.15) is 6.04 Å². The van der Waals surface area contributed by atoms with Crippen molar-refractivity contribution in [2.75, 3.05) is 26.2 Å². The van der Waals surface area contributed by atoms with Crippen molar-refractivity contribution in [3.8, 4) is 6.07 Å². The fourth-order valence-corrected chi connectivity index (χ4v) is 2.20. The zero-order valence-corrected chi connectivity index (χ0v) is 10.00. The van der Waals surface area contributed by atoms with Gasteiger partial charge in [-0.25, -0.2) is 8.78 Å². The quantitative estimate of drug-likeness (QED) is 0.871. The highest BCUT2D eigenvalue weighted by atomic mass is 19.2. The monoisotopic (exact) mass is 251 g/mol. The minimum Gasteiger partial charge on any atom is -0.315 e. The van der Waals surface area contributed by atoms with Crippen LogP contribution in [0.15, 0.2) is 18.2 Å². The van der Waals surface area contributed by atoms with E-state index < -0.39 is 17.7 Å². The Kier molecular flexibility index (Phi) is 4.24. The molecule has 0 bridgehead atoms. The molecular formula is C13H15F2N3. The van der Waals surface area contributed by atoms with E-state index in [0.717, 1.165) is 25.6 Å². The molecule has 1 atom stereocenters. The van der Waals surface area contributed by atoms with Crippen molar-refractivity contribution in [1.82, 2.24) is 10.2 Å². The maximum absolute atomic E-state index is 13.7. The first-order chi connectivity index (χ1) is 8.74. The predicted octanol–water partition coefficient (Wildman–Crippen LogP) is 1.82. The molecule has 1 fully saturated rings. The van der Waals surface area contributed by atoms with Crippen LogP contribution >= 0.6 is 0 Å². The largest absolute Gasteiger partial charge is 0.315 e. The molecule has 1 unspecified atom stereocenters. The summed E-state index contributed by atoms with van der Waals surface area (Å²) in [6, 6.07) is 5.34. The number of nitrogens with zero attached hydrogens (tertiary/aromatic N) is 2. The Morgan fingerprint density at radius 2 is 2.11 bits per heavy atom. The molecule has 1 heterocycles. The number of hydrogen-bond donors (Lipinski definition) is 1. The minimum absolute atomic E-state index is 0.124.